The quantitative estimate of drug-likeness (QED) is 0.0458. The second kappa shape index (κ2) is 31.9. The topological polar surface area (TPSA) is 0 Å². The van der Waals surface area contributed by atoms with Crippen LogP contribution in [0.4, 0.5) is 0 Å². The third kappa shape index (κ3) is 27.2. The molecule has 0 saturated heterocycles. The van der Waals surface area contributed by atoms with Crippen molar-refractivity contribution in [2.45, 2.75) is 233 Å². The number of unbranched alkanes of at least 4 members (excludes halogenated alkanes) is 28. The Labute approximate surface area is 277 Å². The van der Waals surface area contributed by atoms with Crippen molar-refractivity contribution in [3.8, 4) is 0 Å². The predicted molar refractivity (Wildman–Crippen MR) is 206 cm³/mol. The van der Waals surface area contributed by atoms with Crippen molar-refractivity contribution < 1.29 is 0 Å². The van der Waals surface area contributed by atoms with E-state index in [-0.39, 0.29) is 0 Å². The summed E-state index contributed by atoms with van der Waals surface area (Å²) in [4.78, 5) is 0. The molecule has 0 fully saturated rings. The number of halogens is 1. The molecule has 0 saturated carbocycles. The van der Waals surface area contributed by atoms with Crippen LogP contribution < -0.4 is 0 Å². The van der Waals surface area contributed by atoms with E-state index in [9.17, 15) is 0 Å². The summed E-state index contributed by atoms with van der Waals surface area (Å²) >= 11 is 4.70. The minimum absolute atomic E-state index is 1.37. The van der Waals surface area contributed by atoms with Crippen LogP contribution in [-0.4, -0.2) is 24.6 Å². The summed E-state index contributed by atoms with van der Waals surface area (Å²) < 4.78 is 0. The Morgan fingerprint density at radius 1 is 0.238 bits per heavy atom. The Kier molecular flexibility index (Phi) is 32.6. The fourth-order valence-corrected chi connectivity index (χ4v) is 15.8. The van der Waals surface area contributed by atoms with E-state index in [0.29, 0.717) is 0 Å². The molecule has 0 amide bonds. The SMILES string of the molecule is CCCCCCCCCCCCCCCCP(Br)(CCCC)(CCCC)CCCCCCCCCCCCCCCC. The minimum atomic E-state index is -1.72. The summed E-state index contributed by atoms with van der Waals surface area (Å²) in [5.74, 6) is 0. The molecule has 0 nitrogen and oxygen atoms in total. The van der Waals surface area contributed by atoms with Gasteiger partial charge in [0, 0.05) is 0 Å². The Bertz CT molecular complexity index is 474. The molecule has 0 aliphatic rings. The smallest absolute Gasteiger partial charge is 0.0654 e. The van der Waals surface area contributed by atoms with Crippen molar-refractivity contribution in [2.24, 2.45) is 0 Å². The third-order valence-corrected chi connectivity index (χ3v) is 20.3. The van der Waals surface area contributed by atoms with Crippen molar-refractivity contribution in [2.75, 3.05) is 24.6 Å². The number of hydrogen-bond acceptors (Lipinski definition) is 0. The summed E-state index contributed by atoms with van der Waals surface area (Å²) in [7, 11) is 0. The van der Waals surface area contributed by atoms with Crippen LogP contribution in [0, 0.1) is 0 Å². The molecule has 0 atom stereocenters. The zero-order valence-corrected chi connectivity index (χ0v) is 32.8. The van der Waals surface area contributed by atoms with Crippen LogP contribution in [0.25, 0.3) is 0 Å². The molecule has 0 aliphatic heterocycles. The van der Waals surface area contributed by atoms with Crippen LogP contribution in [-0.2, 0) is 0 Å². The van der Waals surface area contributed by atoms with Crippen LogP contribution in [0.1, 0.15) is 233 Å². The molecule has 0 radical (unpaired) electrons. The van der Waals surface area contributed by atoms with Gasteiger partial charge in [-0.25, -0.2) is 0 Å². The van der Waals surface area contributed by atoms with Gasteiger partial charge in [0.1, 0.15) is 0 Å². The Balaban J connectivity index is 4.15. The summed E-state index contributed by atoms with van der Waals surface area (Å²) in [5, 5.41) is -1.72. The molecule has 256 valence electrons. The van der Waals surface area contributed by atoms with Gasteiger partial charge in [-0.2, -0.15) is 0 Å². The van der Waals surface area contributed by atoms with Crippen LogP contribution in [0.15, 0.2) is 0 Å². The maximum absolute atomic E-state index is 4.70. The van der Waals surface area contributed by atoms with E-state index in [1.807, 2.05) is 0 Å². The molecule has 0 unspecified atom stereocenters. The monoisotopic (exact) mass is 675 g/mol. The molecular formula is C40H84BrP. The molecule has 42 heavy (non-hydrogen) atoms. The molecule has 0 rings (SSSR count). The number of rotatable bonds is 36. The maximum atomic E-state index is 4.70. The molecule has 0 bridgehead atoms. The van der Waals surface area contributed by atoms with E-state index >= 15 is 0 Å². The Morgan fingerprint density at radius 2 is 0.405 bits per heavy atom. The molecule has 0 heterocycles. The predicted octanol–water partition coefficient (Wildman–Crippen LogP) is 16.4. The summed E-state index contributed by atoms with van der Waals surface area (Å²) in [6, 6.07) is 0. The van der Waals surface area contributed by atoms with Crippen molar-refractivity contribution in [3.05, 3.63) is 0 Å². The number of hydrogen-bond donors (Lipinski definition) is 0. The van der Waals surface area contributed by atoms with E-state index in [1.54, 1.807) is 12.3 Å². The van der Waals surface area contributed by atoms with E-state index in [1.165, 1.54) is 218 Å². The van der Waals surface area contributed by atoms with Crippen molar-refractivity contribution >= 4 is 20.8 Å². The fourth-order valence-electron chi connectivity index (χ4n) is 7.18. The summed E-state index contributed by atoms with van der Waals surface area (Å²) in [6.45, 7) is 9.45. The summed E-state index contributed by atoms with van der Waals surface area (Å²) in [5.41, 5.74) is 0. The first kappa shape index (κ1) is 42.9. The molecule has 0 spiro atoms. The minimum Gasteiger partial charge on any atom is -0.0654 e. The van der Waals surface area contributed by atoms with Gasteiger partial charge in [-0.1, -0.05) is 52.4 Å². The average molecular weight is 676 g/mol. The Hall–Kier alpha value is 0.910. The average Bonchev–Trinajstić information content (AvgIpc) is 3.00. The van der Waals surface area contributed by atoms with Gasteiger partial charge in [0.25, 0.3) is 0 Å². The second-order valence-electron chi connectivity index (χ2n) is 14.6. The first-order valence-corrected chi connectivity index (χ1v) is 25.3. The summed E-state index contributed by atoms with van der Waals surface area (Å²) in [6.07, 6.45) is 53.0. The van der Waals surface area contributed by atoms with Crippen LogP contribution >= 0.6 is 20.8 Å². The standard InChI is InChI=1S/C40H84BrP/c1-5-9-13-15-17-19-21-23-25-27-29-31-33-35-39-42(41,37-11-7-3,38-12-8-4)40-36-34-32-30-28-26-24-22-20-18-16-14-10-6-2/h5-40H2,1-4H3. The van der Waals surface area contributed by atoms with Gasteiger partial charge in [-0.3, -0.25) is 0 Å². The Morgan fingerprint density at radius 3 is 0.619 bits per heavy atom. The van der Waals surface area contributed by atoms with Gasteiger partial charge < -0.3 is 0 Å². The molecule has 0 N–H and O–H groups in total. The normalized spacial score (nSPS) is 13.0. The molecule has 0 aliphatic carbocycles. The van der Waals surface area contributed by atoms with E-state index in [4.69, 9.17) is 15.5 Å². The van der Waals surface area contributed by atoms with Crippen molar-refractivity contribution in [1.82, 2.24) is 0 Å². The third-order valence-electron chi connectivity index (χ3n) is 10.3. The van der Waals surface area contributed by atoms with E-state index in [0.717, 1.165) is 0 Å². The zero-order valence-electron chi connectivity index (χ0n) is 30.3. The van der Waals surface area contributed by atoms with Gasteiger partial charge in [-0.15, -0.1) is 0 Å². The van der Waals surface area contributed by atoms with Crippen molar-refractivity contribution in [1.29, 1.82) is 0 Å². The molecule has 0 aromatic heterocycles. The molecule has 2 heteroatoms. The fraction of sp³-hybridized carbons (Fsp3) is 1.00. The molecular weight excluding hydrogens is 591 g/mol. The van der Waals surface area contributed by atoms with Crippen molar-refractivity contribution in [3.63, 3.8) is 0 Å². The van der Waals surface area contributed by atoms with E-state index < -0.39 is 5.31 Å². The van der Waals surface area contributed by atoms with Gasteiger partial charge in [0.15, 0.2) is 0 Å². The molecule has 0 aromatic rings. The first-order valence-electron chi connectivity index (χ1n) is 20.3. The zero-order chi connectivity index (χ0) is 30.9. The van der Waals surface area contributed by atoms with Gasteiger partial charge in [0.05, 0.1) is 0 Å². The van der Waals surface area contributed by atoms with Gasteiger partial charge in [-0.05, 0) is 0 Å². The van der Waals surface area contributed by atoms with E-state index in [2.05, 4.69) is 27.7 Å². The van der Waals surface area contributed by atoms with Crippen LogP contribution in [0.3, 0.4) is 0 Å². The second-order valence-corrected chi connectivity index (χ2v) is 26.1. The van der Waals surface area contributed by atoms with Crippen LogP contribution in [0.5, 0.6) is 0 Å². The first-order chi connectivity index (χ1) is 20.5. The van der Waals surface area contributed by atoms with Gasteiger partial charge >= 0.3 is 226 Å². The van der Waals surface area contributed by atoms with Gasteiger partial charge in [0.2, 0.25) is 0 Å². The van der Waals surface area contributed by atoms with Crippen LogP contribution in [0.2, 0.25) is 0 Å². The molecule has 0 aromatic carbocycles.